The molecule has 1 heterocycles. The smallest absolute Gasteiger partial charge is 0.269 e. The minimum atomic E-state index is -0.409. The molecule has 0 saturated carbocycles. The number of para-hydroxylation sites is 1. The minimum absolute atomic E-state index is 0.0143. The summed E-state index contributed by atoms with van der Waals surface area (Å²) >= 11 is 0. The van der Waals surface area contributed by atoms with Crippen molar-refractivity contribution in [3.63, 3.8) is 0 Å². The van der Waals surface area contributed by atoms with E-state index in [1.54, 1.807) is 12.1 Å². The Morgan fingerprint density at radius 2 is 1.71 bits per heavy atom. The SMILES string of the molecule is CC(NC(=O)CC(c1cccc([N+](=O)[O-])c1)c1c[nH]c2ccccc12)c1ccccc1. The van der Waals surface area contributed by atoms with Gasteiger partial charge in [0.2, 0.25) is 5.91 Å². The predicted octanol–water partition coefficient (Wildman–Crippen LogP) is 5.48. The Morgan fingerprint density at radius 3 is 2.48 bits per heavy atom. The number of hydrogen-bond acceptors (Lipinski definition) is 3. The van der Waals surface area contributed by atoms with Gasteiger partial charge in [-0.3, -0.25) is 14.9 Å². The molecule has 0 bridgehead atoms. The average Bonchev–Trinajstić information content (AvgIpc) is 3.22. The molecule has 0 spiro atoms. The van der Waals surface area contributed by atoms with Crippen LogP contribution in [0.25, 0.3) is 10.9 Å². The van der Waals surface area contributed by atoms with Gasteiger partial charge in [0.25, 0.3) is 5.69 Å². The molecule has 2 atom stereocenters. The van der Waals surface area contributed by atoms with Gasteiger partial charge < -0.3 is 10.3 Å². The Labute approximate surface area is 180 Å². The fraction of sp³-hybridized carbons (Fsp3) is 0.160. The second-order valence-corrected chi connectivity index (χ2v) is 7.60. The summed E-state index contributed by atoms with van der Waals surface area (Å²) in [5.41, 5.74) is 3.68. The molecule has 31 heavy (non-hydrogen) atoms. The number of fused-ring (bicyclic) bond motifs is 1. The van der Waals surface area contributed by atoms with Gasteiger partial charge in [-0.15, -0.1) is 0 Å². The van der Waals surface area contributed by atoms with Gasteiger partial charge in [0.15, 0.2) is 0 Å². The molecule has 0 aliphatic rings. The van der Waals surface area contributed by atoms with Crippen LogP contribution in [0.2, 0.25) is 0 Å². The molecule has 0 saturated heterocycles. The van der Waals surface area contributed by atoms with E-state index >= 15 is 0 Å². The average molecular weight is 413 g/mol. The van der Waals surface area contributed by atoms with Crippen LogP contribution in [0, 0.1) is 10.1 Å². The molecule has 3 aromatic carbocycles. The van der Waals surface area contributed by atoms with Crippen molar-refractivity contribution in [1.82, 2.24) is 10.3 Å². The highest BCUT2D eigenvalue weighted by Gasteiger charge is 2.24. The van der Waals surface area contributed by atoms with E-state index in [1.165, 1.54) is 6.07 Å². The first-order chi connectivity index (χ1) is 15.0. The van der Waals surface area contributed by atoms with E-state index < -0.39 is 4.92 Å². The highest BCUT2D eigenvalue weighted by molar-refractivity contribution is 5.86. The van der Waals surface area contributed by atoms with Crippen molar-refractivity contribution in [3.8, 4) is 0 Å². The van der Waals surface area contributed by atoms with Crippen LogP contribution < -0.4 is 5.32 Å². The minimum Gasteiger partial charge on any atom is -0.361 e. The Hall–Kier alpha value is -3.93. The van der Waals surface area contributed by atoms with E-state index in [1.807, 2.05) is 73.8 Å². The standard InChI is InChI=1S/C25H23N3O3/c1-17(18-8-3-2-4-9-18)27-25(29)15-22(19-10-7-11-20(14-19)28(30)31)23-16-26-24-13-6-5-12-21(23)24/h2-14,16-17,22,26H,15H2,1H3,(H,27,29). The third-order valence-electron chi connectivity index (χ3n) is 5.55. The summed E-state index contributed by atoms with van der Waals surface area (Å²) in [5.74, 6) is -0.433. The van der Waals surface area contributed by atoms with Gasteiger partial charge in [-0.05, 0) is 29.7 Å². The Bertz CT molecular complexity index is 1220. The first kappa shape index (κ1) is 20.3. The molecule has 4 rings (SSSR count). The highest BCUT2D eigenvalue weighted by atomic mass is 16.6. The summed E-state index contributed by atoms with van der Waals surface area (Å²) in [5, 5.41) is 15.4. The van der Waals surface area contributed by atoms with Crippen molar-refractivity contribution in [2.75, 3.05) is 0 Å². The zero-order chi connectivity index (χ0) is 21.8. The predicted molar refractivity (Wildman–Crippen MR) is 121 cm³/mol. The van der Waals surface area contributed by atoms with Gasteiger partial charge in [-0.1, -0.05) is 60.7 Å². The Balaban J connectivity index is 1.66. The van der Waals surface area contributed by atoms with E-state index in [2.05, 4.69) is 10.3 Å². The maximum Gasteiger partial charge on any atom is 0.269 e. The van der Waals surface area contributed by atoms with Crippen molar-refractivity contribution in [3.05, 3.63) is 112 Å². The number of aromatic amines is 1. The molecule has 6 heteroatoms. The third-order valence-corrected chi connectivity index (χ3v) is 5.55. The van der Waals surface area contributed by atoms with Gasteiger partial charge in [0.1, 0.15) is 0 Å². The second kappa shape index (κ2) is 8.83. The third kappa shape index (κ3) is 4.48. The lowest BCUT2D eigenvalue weighted by Gasteiger charge is -2.20. The normalized spacial score (nSPS) is 12.9. The summed E-state index contributed by atoms with van der Waals surface area (Å²) < 4.78 is 0. The van der Waals surface area contributed by atoms with E-state index in [0.717, 1.165) is 27.6 Å². The summed E-state index contributed by atoms with van der Waals surface area (Å²) in [6.07, 6.45) is 2.07. The molecule has 0 radical (unpaired) electrons. The van der Waals surface area contributed by atoms with Crippen molar-refractivity contribution in [2.24, 2.45) is 0 Å². The topological polar surface area (TPSA) is 88.0 Å². The maximum absolute atomic E-state index is 13.0. The number of amides is 1. The quantitative estimate of drug-likeness (QED) is 0.311. The van der Waals surface area contributed by atoms with Gasteiger partial charge in [-0.2, -0.15) is 0 Å². The fourth-order valence-electron chi connectivity index (χ4n) is 3.96. The molecule has 1 aromatic heterocycles. The van der Waals surface area contributed by atoms with Gasteiger partial charge >= 0.3 is 0 Å². The molecule has 2 unspecified atom stereocenters. The van der Waals surface area contributed by atoms with Crippen molar-refractivity contribution in [2.45, 2.75) is 25.3 Å². The Kier molecular flexibility index (Phi) is 5.80. The molecule has 0 aliphatic heterocycles. The summed E-state index contributed by atoms with van der Waals surface area (Å²) in [7, 11) is 0. The van der Waals surface area contributed by atoms with E-state index in [0.29, 0.717) is 0 Å². The number of carbonyl (C=O) groups is 1. The number of nitrogens with zero attached hydrogens (tertiary/aromatic N) is 1. The number of H-pyrrole nitrogens is 1. The molecular weight excluding hydrogens is 390 g/mol. The number of non-ortho nitro benzene ring substituents is 1. The van der Waals surface area contributed by atoms with Crippen LogP contribution in [0.15, 0.2) is 85.1 Å². The van der Waals surface area contributed by atoms with Crippen LogP contribution in [0.3, 0.4) is 0 Å². The van der Waals surface area contributed by atoms with Gasteiger partial charge in [0, 0.05) is 41.6 Å². The van der Waals surface area contributed by atoms with Crippen molar-refractivity contribution >= 4 is 22.5 Å². The number of benzene rings is 3. The van der Waals surface area contributed by atoms with Crippen molar-refractivity contribution in [1.29, 1.82) is 0 Å². The fourth-order valence-corrected chi connectivity index (χ4v) is 3.96. The number of nitro groups is 1. The number of nitro benzene ring substituents is 1. The van der Waals surface area contributed by atoms with Crippen LogP contribution in [0.1, 0.15) is 42.0 Å². The Morgan fingerprint density at radius 1 is 1.00 bits per heavy atom. The van der Waals surface area contributed by atoms with E-state index in [4.69, 9.17) is 0 Å². The number of aromatic nitrogens is 1. The monoisotopic (exact) mass is 413 g/mol. The molecule has 6 nitrogen and oxygen atoms in total. The number of rotatable bonds is 7. The van der Waals surface area contributed by atoms with Gasteiger partial charge in [0.05, 0.1) is 11.0 Å². The van der Waals surface area contributed by atoms with Crippen LogP contribution in [-0.4, -0.2) is 15.8 Å². The second-order valence-electron chi connectivity index (χ2n) is 7.60. The first-order valence-corrected chi connectivity index (χ1v) is 10.2. The molecular formula is C25H23N3O3. The van der Waals surface area contributed by atoms with Crippen LogP contribution in [0.4, 0.5) is 5.69 Å². The lowest BCUT2D eigenvalue weighted by Crippen LogP contribution is -2.28. The highest BCUT2D eigenvalue weighted by Crippen LogP contribution is 2.35. The molecule has 4 aromatic rings. The van der Waals surface area contributed by atoms with Crippen molar-refractivity contribution < 1.29 is 9.72 Å². The zero-order valence-corrected chi connectivity index (χ0v) is 17.1. The van der Waals surface area contributed by atoms with Gasteiger partial charge in [-0.25, -0.2) is 0 Å². The number of nitrogens with one attached hydrogen (secondary N) is 2. The number of hydrogen-bond donors (Lipinski definition) is 2. The number of carbonyl (C=O) groups excluding carboxylic acids is 1. The zero-order valence-electron chi connectivity index (χ0n) is 17.1. The van der Waals surface area contributed by atoms with E-state index in [-0.39, 0.29) is 30.0 Å². The maximum atomic E-state index is 13.0. The summed E-state index contributed by atoms with van der Waals surface area (Å²) in [6.45, 7) is 1.95. The molecule has 156 valence electrons. The van der Waals surface area contributed by atoms with Crippen LogP contribution in [0.5, 0.6) is 0 Å². The first-order valence-electron chi connectivity index (χ1n) is 10.2. The molecule has 1 amide bonds. The van der Waals surface area contributed by atoms with E-state index in [9.17, 15) is 14.9 Å². The lowest BCUT2D eigenvalue weighted by atomic mass is 9.87. The summed E-state index contributed by atoms with van der Waals surface area (Å²) in [6, 6.07) is 24.0. The lowest BCUT2D eigenvalue weighted by molar-refractivity contribution is -0.384. The van der Waals surface area contributed by atoms with Crippen LogP contribution >= 0.6 is 0 Å². The molecule has 2 N–H and O–H groups in total. The largest absolute Gasteiger partial charge is 0.361 e. The van der Waals surface area contributed by atoms with Crippen LogP contribution in [-0.2, 0) is 4.79 Å². The summed E-state index contributed by atoms with van der Waals surface area (Å²) in [4.78, 5) is 27.2. The molecule has 0 fully saturated rings. The molecule has 0 aliphatic carbocycles.